The molecule has 3 unspecified atom stereocenters. The van der Waals surface area contributed by atoms with E-state index in [2.05, 4.69) is 50.3 Å². The van der Waals surface area contributed by atoms with Gasteiger partial charge in [0.05, 0.1) is 46.2 Å². The zero-order valence-electron chi connectivity index (χ0n) is 44.5. The largest absolute Gasteiger partial charge is 0.645 e. The number of nitrogens with two attached hydrogens (primary N) is 2. The molecule has 0 radical (unpaired) electrons. The third-order valence-corrected chi connectivity index (χ3v) is 7.90. The predicted octanol–water partition coefficient (Wildman–Crippen LogP) is 6.14. The van der Waals surface area contributed by atoms with E-state index in [1.54, 1.807) is 13.8 Å². The van der Waals surface area contributed by atoms with Crippen LogP contribution in [-0.4, -0.2) is 147 Å². The smallest absolute Gasteiger partial charge is 0.312 e. The van der Waals surface area contributed by atoms with Crippen molar-refractivity contribution in [3.63, 3.8) is 0 Å². The van der Waals surface area contributed by atoms with Crippen LogP contribution in [0.3, 0.4) is 0 Å². The van der Waals surface area contributed by atoms with Crippen molar-refractivity contribution in [2.45, 2.75) is 146 Å². The molecule has 0 heterocycles. The Kier molecular flexibility index (Phi) is 75.5. The second kappa shape index (κ2) is 64.9. The Morgan fingerprint density at radius 2 is 1.22 bits per heavy atom. The van der Waals surface area contributed by atoms with Crippen molar-refractivity contribution < 1.29 is 68.7 Å². The number of nitrogens with zero attached hydrogens (tertiary/aromatic N) is 2. The number of primary amides is 2. The number of benzene rings is 1. The van der Waals surface area contributed by atoms with Gasteiger partial charge >= 0.3 is 6.03 Å². The minimum absolute atomic E-state index is 0. The van der Waals surface area contributed by atoms with Gasteiger partial charge in [0.2, 0.25) is 17.7 Å². The molecule has 19 heteroatoms. The van der Waals surface area contributed by atoms with Gasteiger partial charge in [-0.2, -0.15) is 0 Å². The number of urea groups is 1. The molecule has 0 fully saturated rings. The molecule has 0 bridgehead atoms. The first-order valence-corrected chi connectivity index (χ1v) is 24.2. The maximum Gasteiger partial charge on any atom is 0.312 e. The van der Waals surface area contributed by atoms with Gasteiger partial charge in [0.1, 0.15) is 18.7 Å². The van der Waals surface area contributed by atoms with Crippen LogP contribution in [0.1, 0.15) is 127 Å². The van der Waals surface area contributed by atoms with Crippen LogP contribution >= 0.6 is 0 Å². The number of ether oxygens (including phenoxy) is 5. The molecule has 1 aromatic carbocycles. The Bertz CT molecular complexity index is 1180. The zero-order valence-corrected chi connectivity index (χ0v) is 47.5. The molecule has 1 aromatic rings. The predicted molar refractivity (Wildman–Crippen MR) is 270 cm³/mol. The van der Waals surface area contributed by atoms with Gasteiger partial charge in [0, 0.05) is 40.6 Å². The van der Waals surface area contributed by atoms with E-state index in [-0.39, 0.29) is 65.0 Å². The van der Waals surface area contributed by atoms with Crippen molar-refractivity contribution in [2.24, 2.45) is 17.4 Å². The molecule has 5 amide bonds. The van der Waals surface area contributed by atoms with Crippen LogP contribution < -0.4 is 32.7 Å². The zero-order chi connectivity index (χ0) is 51.8. The summed E-state index contributed by atoms with van der Waals surface area (Å²) in [4.78, 5) is 59.7. The van der Waals surface area contributed by atoms with Gasteiger partial charge in [-0.05, 0) is 58.4 Å². The Morgan fingerprint density at radius 1 is 0.716 bits per heavy atom. The fraction of sp³-hybridized carbons (Fsp3) is 0.771. The van der Waals surface area contributed by atoms with Crippen LogP contribution in [-0.2, 0) is 70.5 Å². The van der Waals surface area contributed by atoms with Crippen LogP contribution in [0.5, 0.6) is 0 Å². The average molecular weight is 1130 g/mol. The summed E-state index contributed by atoms with van der Waals surface area (Å²) >= 11 is 0. The maximum absolute atomic E-state index is 12.8. The molecule has 0 aliphatic heterocycles. The quantitative estimate of drug-likeness (QED) is 0.0337. The Hall–Kier alpha value is -3.22. The molecule has 0 aliphatic carbocycles. The number of amides is 5. The second-order valence-corrected chi connectivity index (χ2v) is 13.3. The van der Waals surface area contributed by atoms with E-state index < -0.39 is 29.9 Å². The van der Waals surface area contributed by atoms with Crippen LogP contribution in [0.15, 0.2) is 30.3 Å². The van der Waals surface area contributed by atoms with Crippen LogP contribution in [0.25, 0.3) is 5.32 Å². The molecular weight excluding hydrogens is 1030 g/mol. The summed E-state index contributed by atoms with van der Waals surface area (Å²) in [7, 11) is 6.10. The van der Waals surface area contributed by atoms with Crippen LogP contribution in [0.2, 0.25) is 0 Å². The minimum Gasteiger partial charge on any atom is -0.645 e. The maximum atomic E-state index is 12.8. The Labute approximate surface area is 422 Å². The fourth-order valence-electron chi connectivity index (χ4n) is 4.84. The standard InChI is InChI=1S/C30H61N8O8.C8H8O2.5C2H6.W/c1-23(2)27(29(41)36-24(28(31)40)9-8-12-35-30(32)42)37-26(39)11-15-43-17-19-45-21-22-46-20-18-44-16-13-34-25(33-3)10-6-7-14-38(4)5;9-7-10-6-8-4-2-1-3-5-8;5*1-2;/h23-25,27,33H,6-22H2,1-5H3,(H2,31,40)(H,36,41)(H,37,39)(H3,32,35,42);1-5,7H,6H2;5*1-2H3;/q-1;;;;;;;. The number of hydrogen-bond acceptors (Lipinski definition) is 12. The van der Waals surface area contributed by atoms with Crippen LogP contribution in [0.4, 0.5) is 4.79 Å². The SMILES string of the molecule is CC.CC.CC.CC.CC.CNC(CCCCN(C)C)[N-]CCOCCOCCOCCOCCC(=O)NC(C(=O)NC(CCCNC(N)=O)C(N)=O)C(C)C.O=COCc1ccccc1.[W]. The van der Waals surface area contributed by atoms with E-state index in [9.17, 15) is 24.0 Å². The second-order valence-electron chi connectivity index (χ2n) is 13.3. The molecule has 67 heavy (non-hydrogen) atoms. The van der Waals surface area contributed by atoms with E-state index in [1.165, 1.54) is 6.42 Å². The van der Waals surface area contributed by atoms with Crippen molar-refractivity contribution >= 4 is 30.2 Å². The first-order valence-electron chi connectivity index (χ1n) is 24.2. The number of carbonyl (C=O) groups is 5. The van der Waals surface area contributed by atoms with Crippen molar-refractivity contribution in [1.29, 1.82) is 0 Å². The van der Waals surface area contributed by atoms with Crippen molar-refractivity contribution in [2.75, 3.05) is 93.6 Å². The third-order valence-electron chi connectivity index (χ3n) is 7.90. The Morgan fingerprint density at radius 3 is 1.67 bits per heavy atom. The molecule has 0 aromatic heterocycles. The molecule has 0 aliphatic rings. The number of carbonyl (C=O) groups excluding carboxylic acids is 5. The molecule has 0 saturated carbocycles. The first kappa shape index (κ1) is 78.0. The van der Waals surface area contributed by atoms with Gasteiger partial charge < -0.3 is 66.6 Å². The summed E-state index contributed by atoms with van der Waals surface area (Å²) in [6.07, 6.45) is 4.14. The molecular formula is C48H99N8O10W-. The molecule has 3 atom stereocenters. The molecule has 0 spiro atoms. The molecule has 1 rings (SSSR count). The van der Waals surface area contributed by atoms with E-state index in [1.807, 2.05) is 107 Å². The molecule has 398 valence electrons. The van der Waals surface area contributed by atoms with Gasteiger partial charge in [-0.25, -0.2) is 4.79 Å². The van der Waals surface area contributed by atoms with Gasteiger partial charge in [-0.1, -0.05) is 132 Å². The van der Waals surface area contributed by atoms with Crippen LogP contribution in [0, 0.1) is 5.92 Å². The van der Waals surface area contributed by atoms with Crippen molar-refractivity contribution in [3.8, 4) is 0 Å². The van der Waals surface area contributed by atoms with Gasteiger partial charge in [-0.3, -0.25) is 19.2 Å². The summed E-state index contributed by atoms with van der Waals surface area (Å²) in [5, 5.41) is 15.5. The number of unbranched alkanes of at least 4 members (excludes halogenated alkanes) is 1. The van der Waals surface area contributed by atoms with Crippen molar-refractivity contribution in [1.82, 2.24) is 26.2 Å². The first-order chi connectivity index (χ1) is 31.9. The summed E-state index contributed by atoms with van der Waals surface area (Å²) < 4.78 is 26.5. The van der Waals surface area contributed by atoms with E-state index >= 15 is 0 Å². The topological polar surface area (TPSA) is 249 Å². The van der Waals surface area contributed by atoms with Gasteiger partial charge in [0.25, 0.3) is 6.47 Å². The van der Waals surface area contributed by atoms with Gasteiger partial charge in [0.15, 0.2) is 0 Å². The van der Waals surface area contributed by atoms with E-state index in [4.69, 9.17) is 30.4 Å². The Balaban J connectivity index is -0.000000287. The number of rotatable bonds is 34. The number of nitrogens with one attached hydrogen (secondary N) is 4. The minimum atomic E-state index is -0.946. The van der Waals surface area contributed by atoms with E-state index in [0.717, 1.165) is 24.9 Å². The normalized spacial score (nSPS) is 10.9. The summed E-state index contributed by atoms with van der Waals surface area (Å²) in [6.45, 7) is 29.5. The molecule has 18 nitrogen and oxygen atoms in total. The van der Waals surface area contributed by atoms with Crippen molar-refractivity contribution in [3.05, 3.63) is 41.2 Å². The summed E-state index contributed by atoms with van der Waals surface area (Å²) in [6, 6.07) is 7.06. The average Bonchev–Trinajstić information content (AvgIpc) is 3.33. The monoisotopic (exact) mass is 1130 g/mol. The fourth-order valence-corrected chi connectivity index (χ4v) is 4.84. The summed E-state index contributed by atoms with van der Waals surface area (Å²) in [5.41, 5.74) is 11.4. The summed E-state index contributed by atoms with van der Waals surface area (Å²) in [5.74, 6) is -1.83. The van der Waals surface area contributed by atoms with Gasteiger partial charge in [-0.15, -0.1) is 6.54 Å². The molecule has 0 saturated heterocycles. The molecule has 8 N–H and O–H groups in total. The van der Waals surface area contributed by atoms with E-state index in [0.29, 0.717) is 72.3 Å². The number of hydrogen-bond donors (Lipinski definition) is 6. The third kappa shape index (κ3) is 58.8.